The third kappa shape index (κ3) is 4.55. The third-order valence-corrected chi connectivity index (χ3v) is 7.78. The smallest absolute Gasteiger partial charge is 0.119 e. The van der Waals surface area contributed by atoms with Gasteiger partial charge < -0.3 is 15.3 Å². The Kier molecular flexibility index (Phi) is 6.19. The molecule has 0 heterocycles. The molecule has 0 aliphatic heterocycles. The zero-order valence-corrected chi connectivity index (χ0v) is 18.5. The van der Waals surface area contributed by atoms with Crippen molar-refractivity contribution in [2.24, 2.45) is 22.7 Å². The van der Waals surface area contributed by atoms with Crippen molar-refractivity contribution in [3.8, 4) is 11.5 Å². The molecule has 0 bridgehead atoms. The first-order valence-electron chi connectivity index (χ1n) is 11.0. The van der Waals surface area contributed by atoms with Gasteiger partial charge in [0.2, 0.25) is 0 Å². The summed E-state index contributed by atoms with van der Waals surface area (Å²) in [6.07, 6.45) is 8.67. The molecule has 0 aromatic heterocycles. The SMILES string of the molecule is C=C1CC[C@@H]2C(C)(C)C[C@@H](O)C[C@@]2(C)[C@@H]1CC/C(C)=C/Cc1cc(O)ccc1O. The van der Waals surface area contributed by atoms with Crippen LogP contribution in [0.1, 0.15) is 71.8 Å². The summed E-state index contributed by atoms with van der Waals surface area (Å²) in [5.74, 6) is 1.47. The summed E-state index contributed by atoms with van der Waals surface area (Å²) in [7, 11) is 0. The molecule has 1 aromatic carbocycles. The summed E-state index contributed by atoms with van der Waals surface area (Å²) in [5.41, 5.74) is 3.67. The van der Waals surface area contributed by atoms with Crippen LogP contribution in [-0.4, -0.2) is 21.4 Å². The summed E-state index contributed by atoms with van der Waals surface area (Å²) in [5, 5.41) is 30.2. The van der Waals surface area contributed by atoms with Gasteiger partial charge in [-0.3, -0.25) is 0 Å². The van der Waals surface area contributed by atoms with Gasteiger partial charge in [0.15, 0.2) is 0 Å². The average molecular weight is 399 g/mol. The van der Waals surface area contributed by atoms with Crippen LogP contribution in [0, 0.1) is 22.7 Å². The second-order valence-corrected chi connectivity index (χ2v) is 10.5. The maximum Gasteiger partial charge on any atom is 0.119 e. The second-order valence-electron chi connectivity index (χ2n) is 10.5. The van der Waals surface area contributed by atoms with Gasteiger partial charge in [-0.2, -0.15) is 0 Å². The lowest BCUT2D eigenvalue weighted by atomic mass is 9.46. The molecule has 2 aliphatic carbocycles. The molecule has 4 atom stereocenters. The van der Waals surface area contributed by atoms with Crippen molar-refractivity contribution < 1.29 is 15.3 Å². The Morgan fingerprint density at radius 2 is 1.93 bits per heavy atom. The zero-order chi connectivity index (χ0) is 21.4. The van der Waals surface area contributed by atoms with Gasteiger partial charge in [-0.15, -0.1) is 0 Å². The Bertz CT molecular complexity index is 791. The van der Waals surface area contributed by atoms with Crippen molar-refractivity contribution in [3.63, 3.8) is 0 Å². The van der Waals surface area contributed by atoms with Gasteiger partial charge >= 0.3 is 0 Å². The third-order valence-electron chi connectivity index (χ3n) is 7.78. The molecular weight excluding hydrogens is 360 g/mol. The molecule has 0 saturated heterocycles. The summed E-state index contributed by atoms with van der Waals surface area (Å²) in [6, 6.07) is 4.66. The number of allylic oxidation sites excluding steroid dienone is 3. The number of phenolic OH excluding ortho intramolecular Hbond substituents is 2. The number of rotatable bonds is 5. The topological polar surface area (TPSA) is 60.7 Å². The van der Waals surface area contributed by atoms with Gasteiger partial charge in [0.25, 0.3) is 0 Å². The predicted molar refractivity (Wildman–Crippen MR) is 119 cm³/mol. The highest BCUT2D eigenvalue weighted by molar-refractivity contribution is 5.39. The van der Waals surface area contributed by atoms with Crippen molar-refractivity contribution in [2.45, 2.75) is 78.7 Å². The molecule has 2 fully saturated rings. The Labute approximate surface area is 176 Å². The van der Waals surface area contributed by atoms with Crippen LogP contribution in [0.3, 0.4) is 0 Å². The number of hydrogen-bond acceptors (Lipinski definition) is 3. The first-order chi connectivity index (χ1) is 13.5. The number of benzene rings is 1. The molecule has 3 nitrogen and oxygen atoms in total. The molecule has 0 radical (unpaired) electrons. The van der Waals surface area contributed by atoms with Crippen LogP contribution in [0.2, 0.25) is 0 Å². The van der Waals surface area contributed by atoms with Crippen molar-refractivity contribution in [3.05, 3.63) is 47.6 Å². The number of hydrogen-bond donors (Lipinski definition) is 3. The van der Waals surface area contributed by atoms with Crippen LogP contribution in [0.4, 0.5) is 0 Å². The fourth-order valence-corrected chi connectivity index (χ4v) is 6.47. The zero-order valence-electron chi connectivity index (χ0n) is 18.5. The van der Waals surface area contributed by atoms with E-state index in [1.54, 1.807) is 6.07 Å². The minimum atomic E-state index is -0.218. The highest BCUT2D eigenvalue weighted by atomic mass is 16.3. The number of aliphatic hydroxyl groups is 1. The first kappa shape index (κ1) is 22.0. The summed E-state index contributed by atoms with van der Waals surface area (Å²) in [4.78, 5) is 0. The molecule has 29 heavy (non-hydrogen) atoms. The Morgan fingerprint density at radius 1 is 1.21 bits per heavy atom. The monoisotopic (exact) mass is 398 g/mol. The molecule has 1 aromatic rings. The summed E-state index contributed by atoms with van der Waals surface area (Å²) in [6.45, 7) is 13.6. The van der Waals surface area contributed by atoms with E-state index in [-0.39, 0.29) is 28.4 Å². The van der Waals surface area contributed by atoms with E-state index < -0.39 is 0 Å². The minimum absolute atomic E-state index is 0.111. The predicted octanol–water partition coefficient (Wildman–Crippen LogP) is 6.14. The van der Waals surface area contributed by atoms with Gasteiger partial charge in [0, 0.05) is 5.56 Å². The van der Waals surface area contributed by atoms with Crippen LogP contribution in [0.15, 0.2) is 42.0 Å². The van der Waals surface area contributed by atoms with E-state index in [1.165, 1.54) is 29.7 Å². The number of phenols is 2. The Morgan fingerprint density at radius 3 is 2.66 bits per heavy atom. The van der Waals surface area contributed by atoms with E-state index in [2.05, 4.69) is 40.3 Å². The minimum Gasteiger partial charge on any atom is -0.508 e. The largest absolute Gasteiger partial charge is 0.508 e. The van der Waals surface area contributed by atoms with Gasteiger partial charge in [-0.1, -0.05) is 44.6 Å². The van der Waals surface area contributed by atoms with Crippen molar-refractivity contribution in [1.82, 2.24) is 0 Å². The molecular formula is C26H38O3. The van der Waals surface area contributed by atoms with E-state index in [0.29, 0.717) is 18.3 Å². The Balaban J connectivity index is 1.71. The van der Waals surface area contributed by atoms with Crippen LogP contribution in [0.5, 0.6) is 11.5 Å². The normalized spacial score (nSPS) is 32.1. The maximum atomic E-state index is 10.6. The van der Waals surface area contributed by atoms with Gasteiger partial charge in [-0.05, 0) is 92.7 Å². The van der Waals surface area contributed by atoms with E-state index in [1.807, 2.05) is 0 Å². The fourth-order valence-electron chi connectivity index (χ4n) is 6.47. The molecule has 3 rings (SSSR count). The van der Waals surface area contributed by atoms with E-state index in [9.17, 15) is 15.3 Å². The van der Waals surface area contributed by atoms with E-state index in [0.717, 1.165) is 37.7 Å². The standard InChI is InChI=1S/C26H38O3/c1-17(6-9-19-14-20(27)10-12-23(19)29)7-11-22-18(2)8-13-24-25(3,4)15-21(28)16-26(22,24)5/h6,10,12,14,21-22,24,27-29H,2,7-9,11,13,15-16H2,1,3-5H3/b17-6+/t21-,22-,24-,26+/m1/s1. The van der Waals surface area contributed by atoms with Crippen molar-refractivity contribution in [1.29, 1.82) is 0 Å². The number of fused-ring (bicyclic) bond motifs is 1. The molecule has 0 spiro atoms. The quantitative estimate of drug-likeness (QED) is 0.412. The molecule has 2 aliphatic rings. The average Bonchev–Trinajstić information content (AvgIpc) is 2.60. The Hall–Kier alpha value is -1.74. The van der Waals surface area contributed by atoms with Crippen molar-refractivity contribution in [2.75, 3.05) is 0 Å². The first-order valence-corrected chi connectivity index (χ1v) is 11.0. The molecule has 3 heteroatoms. The number of aromatic hydroxyl groups is 2. The van der Waals surface area contributed by atoms with Crippen LogP contribution in [0.25, 0.3) is 0 Å². The lowest BCUT2D eigenvalue weighted by Gasteiger charge is -2.59. The maximum absolute atomic E-state index is 10.6. The van der Waals surface area contributed by atoms with Gasteiger partial charge in [-0.25, -0.2) is 0 Å². The second kappa shape index (κ2) is 8.18. The van der Waals surface area contributed by atoms with E-state index in [4.69, 9.17) is 0 Å². The lowest BCUT2D eigenvalue weighted by Crippen LogP contribution is -2.53. The van der Waals surface area contributed by atoms with Crippen molar-refractivity contribution >= 4 is 0 Å². The van der Waals surface area contributed by atoms with E-state index >= 15 is 0 Å². The molecule has 3 N–H and O–H groups in total. The molecule has 160 valence electrons. The van der Waals surface area contributed by atoms with Crippen LogP contribution >= 0.6 is 0 Å². The fraction of sp³-hybridized carbons (Fsp3) is 0.615. The molecule has 0 amide bonds. The molecule has 0 unspecified atom stereocenters. The van der Waals surface area contributed by atoms with Crippen LogP contribution in [-0.2, 0) is 6.42 Å². The van der Waals surface area contributed by atoms with Gasteiger partial charge in [0.05, 0.1) is 6.10 Å². The summed E-state index contributed by atoms with van der Waals surface area (Å²) < 4.78 is 0. The summed E-state index contributed by atoms with van der Waals surface area (Å²) >= 11 is 0. The lowest BCUT2D eigenvalue weighted by molar-refractivity contribution is -0.105. The van der Waals surface area contributed by atoms with Crippen LogP contribution < -0.4 is 0 Å². The highest BCUT2D eigenvalue weighted by Crippen LogP contribution is 2.61. The highest BCUT2D eigenvalue weighted by Gasteiger charge is 2.54. The number of aliphatic hydroxyl groups excluding tert-OH is 1. The molecule has 2 saturated carbocycles. The van der Waals surface area contributed by atoms with Gasteiger partial charge in [0.1, 0.15) is 11.5 Å².